The smallest absolute Gasteiger partial charge is 0.323 e. The molecule has 13 nitrogen and oxygen atoms in total. The molecule has 45 heavy (non-hydrogen) atoms. The molecule has 1 saturated carbocycles. The van der Waals surface area contributed by atoms with Gasteiger partial charge in [0.2, 0.25) is 11.9 Å². The molecule has 1 aliphatic heterocycles. The average Bonchev–Trinajstić information content (AvgIpc) is 3.65. The Labute approximate surface area is 261 Å². The standard InChI is InChI=1S/C32H35N11O2/c1-40-21-42(20-29(40)44)30-24(14-33)17-35-31(39-30)38-26-9-11-27(12-10-26)43(32(45)36-15-22-6-4-3-5-7-22)28-13-8-23(16-34-28)25-18-37-41(2)19-25/h3-8,13,16-19,26-27H,9-12,15,20-21H2,1-2H3,(H,36,45)(H,35,38,39). The Morgan fingerprint density at radius 3 is 2.47 bits per heavy atom. The van der Waals surface area contributed by atoms with E-state index in [9.17, 15) is 14.9 Å². The van der Waals surface area contributed by atoms with Gasteiger partial charge in [0.15, 0.2) is 5.82 Å². The summed E-state index contributed by atoms with van der Waals surface area (Å²) in [5, 5.41) is 20.4. The van der Waals surface area contributed by atoms with E-state index in [1.165, 1.54) is 6.20 Å². The van der Waals surface area contributed by atoms with Crippen LogP contribution in [-0.2, 0) is 18.4 Å². The third kappa shape index (κ3) is 6.70. The van der Waals surface area contributed by atoms with Crippen LogP contribution in [0.15, 0.2) is 67.3 Å². The van der Waals surface area contributed by atoms with Gasteiger partial charge in [0, 0.05) is 56.2 Å². The molecule has 13 heteroatoms. The van der Waals surface area contributed by atoms with E-state index in [0.717, 1.165) is 42.4 Å². The van der Waals surface area contributed by atoms with Gasteiger partial charge < -0.3 is 20.4 Å². The number of carbonyl (C=O) groups is 2. The van der Waals surface area contributed by atoms with Crippen molar-refractivity contribution in [2.24, 2.45) is 7.05 Å². The predicted octanol–water partition coefficient (Wildman–Crippen LogP) is 3.52. The number of hydrogen-bond donors (Lipinski definition) is 2. The lowest BCUT2D eigenvalue weighted by Crippen LogP contribution is -2.49. The monoisotopic (exact) mass is 605 g/mol. The van der Waals surface area contributed by atoms with E-state index in [0.29, 0.717) is 36.4 Å². The summed E-state index contributed by atoms with van der Waals surface area (Å²) < 4.78 is 1.74. The van der Waals surface area contributed by atoms with E-state index in [-0.39, 0.29) is 30.6 Å². The summed E-state index contributed by atoms with van der Waals surface area (Å²) in [6.07, 6.45) is 10.1. The van der Waals surface area contributed by atoms with Crippen molar-refractivity contribution in [3.63, 3.8) is 0 Å². The highest BCUT2D eigenvalue weighted by atomic mass is 16.2. The molecule has 4 heterocycles. The van der Waals surface area contributed by atoms with E-state index in [2.05, 4.69) is 31.8 Å². The van der Waals surface area contributed by atoms with Crippen LogP contribution in [0, 0.1) is 11.3 Å². The number of likely N-dealkylation sites (N-methyl/N-ethyl adjacent to an activating group) is 1. The molecule has 0 atom stereocenters. The summed E-state index contributed by atoms with van der Waals surface area (Å²) in [6, 6.07) is 15.7. The first-order chi connectivity index (χ1) is 21.9. The maximum Gasteiger partial charge on any atom is 0.323 e. The minimum atomic E-state index is -0.193. The van der Waals surface area contributed by atoms with Crippen LogP contribution in [0.3, 0.4) is 0 Å². The van der Waals surface area contributed by atoms with E-state index in [1.807, 2.05) is 55.7 Å². The van der Waals surface area contributed by atoms with Gasteiger partial charge in [-0.1, -0.05) is 30.3 Å². The second-order valence-electron chi connectivity index (χ2n) is 11.4. The van der Waals surface area contributed by atoms with Crippen LogP contribution in [0.2, 0.25) is 0 Å². The Bertz CT molecular complexity index is 1690. The molecule has 2 fully saturated rings. The molecule has 4 aromatic rings. The van der Waals surface area contributed by atoms with Gasteiger partial charge in [-0.3, -0.25) is 14.4 Å². The lowest BCUT2D eigenvalue weighted by molar-refractivity contribution is -0.125. The first-order valence-electron chi connectivity index (χ1n) is 15.0. The molecule has 230 valence electrons. The van der Waals surface area contributed by atoms with Crippen LogP contribution in [0.25, 0.3) is 11.1 Å². The first-order valence-corrected chi connectivity index (χ1v) is 15.0. The topological polar surface area (TPSA) is 148 Å². The fraction of sp³-hybridized carbons (Fsp3) is 0.344. The molecule has 3 amide bonds. The highest BCUT2D eigenvalue weighted by molar-refractivity contribution is 5.91. The number of nitrogens with one attached hydrogen (secondary N) is 2. The molecule has 0 bridgehead atoms. The minimum Gasteiger partial charge on any atom is -0.351 e. The molecule has 0 spiro atoms. The van der Waals surface area contributed by atoms with Crippen molar-refractivity contribution in [1.82, 2.24) is 34.9 Å². The van der Waals surface area contributed by atoms with Crippen molar-refractivity contribution in [3.8, 4) is 17.2 Å². The molecule has 2 N–H and O–H groups in total. The largest absolute Gasteiger partial charge is 0.351 e. The third-order valence-corrected chi connectivity index (χ3v) is 8.26. The van der Waals surface area contributed by atoms with Crippen LogP contribution in [-0.4, -0.2) is 73.9 Å². The number of benzene rings is 1. The van der Waals surface area contributed by atoms with E-state index < -0.39 is 0 Å². The highest BCUT2D eigenvalue weighted by Crippen LogP contribution is 2.30. The van der Waals surface area contributed by atoms with Gasteiger partial charge in [0.1, 0.15) is 24.0 Å². The molecular formula is C32H35N11O2. The summed E-state index contributed by atoms with van der Waals surface area (Å²) in [6.45, 7) is 0.957. The van der Waals surface area contributed by atoms with Crippen LogP contribution in [0.4, 0.5) is 22.4 Å². The number of amides is 3. The lowest BCUT2D eigenvalue weighted by Gasteiger charge is -2.36. The van der Waals surface area contributed by atoms with Gasteiger partial charge in [-0.15, -0.1) is 0 Å². The van der Waals surface area contributed by atoms with Gasteiger partial charge in [-0.05, 0) is 43.4 Å². The Balaban J connectivity index is 1.15. The van der Waals surface area contributed by atoms with Gasteiger partial charge in [-0.25, -0.2) is 14.8 Å². The maximum absolute atomic E-state index is 13.7. The van der Waals surface area contributed by atoms with Crippen LogP contribution < -0.4 is 20.4 Å². The molecule has 3 aromatic heterocycles. The number of nitrogens with zero attached hydrogens (tertiary/aromatic N) is 9. The maximum atomic E-state index is 13.7. The number of urea groups is 1. The summed E-state index contributed by atoms with van der Waals surface area (Å²) in [5.74, 6) is 1.43. The summed E-state index contributed by atoms with van der Waals surface area (Å²) in [4.78, 5) is 44.6. The third-order valence-electron chi connectivity index (χ3n) is 8.26. The fourth-order valence-corrected chi connectivity index (χ4v) is 5.82. The molecular weight excluding hydrogens is 570 g/mol. The van der Waals surface area contributed by atoms with Crippen molar-refractivity contribution >= 4 is 29.5 Å². The van der Waals surface area contributed by atoms with E-state index >= 15 is 0 Å². The Morgan fingerprint density at radius 2 is 1.82 bits per heavy atom. The van der Waals surface area contributed by atoms with E-state index in [4.69, 9.17) is 4.98 Å². The SMILES string of the molecule is CN1CN(c2nc(NC3CCC(N(C(=O)NCc4ccccc4)c4ccc(-c5cnn(C)c5)cn4)CC3)ncc2C#N)CC1=O. The second kappa shape index (κ2) is 13.0. The van der Waals surface area contributed by atoms with Gasteiger partial charge in [0.05, 0.1) is 19.1 Å². The zero-order valence-electron chi connectivity index (χ0n) is 25.3. The van der Waals surface area contributed by atoms with Crippen LogP contribution in [0.5, 0.6) is 0 Å². The zero-order valence-corrected chi connectivity index (χ0v) is 25.3. The Hall–Kier alpha value is -5.51. The summed E-state index contributed by atoms with van der Waals surface area (Å²) >= 11 is 0. The molecule has 1 saturated heterocycles. The molecule has 0 radical (unpaired) electrons. The van der Waals surface area contributed by atoms with E-state index in [1.54, 1.807) is 38.8 Å². The highest BCUT2D eigenvalue weighted by Gasteiger charge is 2.32. The number of anilines is 3. The predicted molar refractivity (Wildman–Crippen MR) is 169 cm³/mol. The van der Waals surface area contributed by atoms with Gasteiger partial charge >= 0.3 is 6.03 Å². The summed E-state index contributed by atoms with van der Waals surface area (Å²) in [7, 11) is 3.60. The lowest BCUT2D eigenvalue weighted by atomic mass is 9.90. The number of nitriles is 1. The molecule has 1 aliphatic carbocycles. The van der Waals surface area contributed by atoms with Crippen molar-refractivity contribution in [1.29, 1.82) is 5.26 Å². The molecule has 2 aliphatic rings. The number of aryl methyl sites for hydroxylation is 1. The molecule has 6 rings (SSSR count). The Kier molecular flexibility index (Phi) is 8.54. The fourth-order valence-electron chi connectivity index (χ4n) is 5.82. The molecule has 1 aromatic carbocycles. The van der Waals surface area contributed by atoms with Crippen molar-refractivity contribution < 1.29 is 9.59 Å². The number of aromatic nitrogens is 5. The Morgan fingerprint density at radius 1 is 1.02 bits per heavy atom. The second-order valence-corrected chi connectivity index (χ2v) is 11.4. The number of rotatable bonds is 8. The first kappa shape index (κ1) is 29.6. The average molecular weight is 606 g/mol. The minimum absolute atomic E-state index is 0.0242. The number of pyridine rings is 1. The normalized spacial score (nSPS) is 18.0. The van der Waals surface area contributed by atoms with Crippen molar-refractivity contribution in [3.05, 3.63) is 78.4 Å². The van der Waals surface area contributed by atoms with Gasteiger partial charge in [-0.2, -0.15) is 15.3 Å². The van der Waals surface area contributed by atoms with Gasteiger partial charge in [0.25, 0.3) is 0 Å². The zero-order chi connectivity index (χ0) is 31.3. The van der Waals surface area contributed by atoms with Crippen LogP contribution >= 0.6 is 0 Å². The molecule has 0 unspecified atom stereocenters. The number of carbonyl (C=O) groups excluding carboxylic acids is 2. The van der Waals surface area contributed by atoms with Crippen LogP contribution in [0.1, 0.15) is 36.8 Å². The van der Waals surface area contributed by atoms with Crippen molar-refractivity contribution in [2.45, 2.75) is 44.3 Å². The quantitative estimate of drug-likeness (QED) is 0.308. The van der Waals surface area contributed by atoms with Crippen molar-refractivity contribution in [2.75, 3.05) is 35.4 Å². The number of hydrogen-bond acceptors (Lipinski definition) is 9. The summed E-state index contributed by atoms with van der Waals surface area (Å²) in [5.41, 5.74) is 3.23.